The standard InChI is InChI=1S/C16H26N2/c1-11-8-12(2)14(13(3)9-11)10-16(18)7-5-4-6-15(16)17/h8-9,15H,4-7,10,17-18H2,1-3H3. The van der Waals surface area contributed by atoms with E-state index in [2.05, 4.69) is 32.9 Å². The average Bonchev–Trinajstić information content (AvgIpc) is 2.28. The molecule has 1 aromatic rings. The molecule has 0 heterocycles. The smallest absolute Gasteiger partial charge is 0.0348 e. The van der Waals surface area contributed by atoms with Crippen LogP contribution < -0.4 is 11.5 Å². The molecule has 2 rings (SSSR count). The van der Waals surface area contributed by atoms with E-state index in [4.69, 9.17) is 11.5 Å². The first kappa shape index (κ1) is 13.6. The maximum absolute atomic E-state index is 6.59. The van der Waals surface area contributed by atoms with Crippen LogP contribution in [-0.2, 0) is 6.42 Å². The molecular formula is C16H26N2. The number of benzene rings is 1. The van der Waals surface area contributed by atoms with Crippen molar-refractivity contribution in [3.63, 3.8) is 0 Å². The van der Waals surface area contributed by atoms with Gasteiger partial charge in [0.25, 0.3) is 0 Å². The second-order valence-corrected chi connectivity index (χ2v) is 6.14. The van der Waals surface area contributed by atoms with Gasteiger partial charge in [0.2, 0.25) is 0 Å². The van der Waals surface area contributed by atoms with Gasteiger partial charge in [-0.25, -0.2) is 0 Å². The topological polar surface area (TPSA) is 52.0 Å². The highest BCUT2D eigenvalue weighted by Crippen LogP contribution is 2.30. The Labute approximate surface area is 111 Å². The van der Waals surface area contributed by atoms with Crippen molar-refractivity contribution in [3.8, 4) is 0 Å². The molecule has 0 spiro atoms. The normalized spacial score (nSPS) is 28.4. The Bertz CT molecular complexity index is 416. The Balaban J connectivity index is 2.28. The molecule has 0 bridgehead atoms. The van der Waals surface area contributed by atoms with Gasteiger partial charge in [0.05, 0.1) is 0 Å². The SMILES string of the molecule is Cc1cc(C)c(CC2(N)CCCCC2N)c(C)c1. The van der Waals surface area contributed by atoms with Crippen LogP contribution in [0.5, 0.6) is 0 Å². The predicted octanol–water partition coefficient (Wildman–Crippen LogP) is 2.75. The lowest BCUT2D eigenvalue weighted by atomic mass is 9.73. The van der Waals surface area contributed by atoms with Gasteiger partial charge < -0.3 is 11.5 Å². The summed E-state index contributed by atoms with van der Waals surface area (Å²) in [5, 5.41) is 0. The summed E-state index contributed by atoms with van der Waals surface area (Å²) in [4.78, 5) is 0. The van der Waals surface area contributed by atoms with E-state index in [0.29, 0.717) is 0 Å². The van der Waals surface area contributed by atoms with Crippen LogP contribution >= 0.6 is 0 Å². The minimum absolute atomic E-state index is 0.145. The average molecular weight is 246 g/mol. The summed E-state index contributed by atoms with van der Waals surface area (Å²) in [7, 11) is 0. The van der Waals surface area contributed by atoms with Gasteiger partial charge >= 0.3 is 0 Å². The molecule has 1 saturated carbocycles. The van der Waals surface area contributed by atoms with Crippen LogP contribution in [0.25, 0.3) is 0 Å². The predicted molar refractivity (Wildman–Crippen MR) is 77.7 cm³/mol. The third kappa shape index (κ3) is 2.60. The van der Waals surface area contributed by atoms with Crippen LogP contribution in [0.3, 0.4) is 0 Å². The lowest BCUT2D eigenvalue weighted by Gasteiger charge is -2.40. The van der Waals surface area contributed by atoms with Crippen molar-refractivity contribution in [3.05, 3.63) is 34.4 Å². The summed E-state index contributed by atoms with van der Waals surface area (Å²) in [5.74, 6) is 0. The first-order valence-corrected chi connectivity index (χ1v) is 7.03. The summed E-state index contributed by atoms with van der Waals surface area (Å²) in [6, 6.07) is 4.64. The van der Waals surface area contributed by atoms with Crippen molar-refractivity contribution in [1.82, 2.24) is 0 Å². The van der Waals surface area contributed by atoms with Gasteiger partial charge in [-0.1, -0.05) is 30.5 Å². The van der Waals surface area contributed by atoms with Gasteiger partial charge in [0, 0.05) is 11.6 Å². The Hall–Kier alpha value is -0.860. The van der Waals surface area contributed by atoms with E-state index in [1.54, 1.807) is 0 Å². The molecule has 4 N–H and O–H groups in total. The van der Waals surface area contributed by atoms with Gasteiger partial charge in [-0.2, -0.15) is 0 Å². The number of hydrogen-bond donors (Lipinski definition) is 2. The van der Waals surface area contributed by atoms with E-state index < -0.39 is 0 Å². The molecule has 2 heteroatoms. The molecule has 18 heavy (non-hydrogen) atoms. The molecule has 0 saturated heterocycles. The van der Waals surface area contributed by atoms with Crippen molar-refractivity contribution >= 4 is 0 Å². The van der Waals surface area contributed by atoms with E-state index in [0.717, 1.165) is 19.3 Å². The zero-order chi connectivity index (χ0) is 13.3. The number of hydrogen-bond acceptors (Lipinski definition) is 2. The van der Waals surface area contributed by atoms with Crippen molar-refractivity contribution in [2.45, 2.75) is 64.5 Å². The van der Waals surface area contributed by atoms with Crippen LogP contribution in [0.4, 0.5) is 0 Å². The van der Waals surface area contributed by atoms with Crippen molar-refractivity contribution in [1.29, 1.82) is 0 Å². The molecule has 0 radical (unpaired) electrons. The van der Waals surface area contributed by atoms with E-state index in [1.807, 2.05) is 0 Å². The van der Waals surface area contributed by atoms with Crippen LogP contribution in [0.15, 0.2) is 12.1 Å². The quantitative estimate of drug-likeness (QED) is 0.843. The minimum Gasteiger partial charge on any atom is -0.326 e. The maximum Gasteiger partial charge on any atom is 0.0348 e. The largest absolute Gasteiger partial charge is 0.326 e. The third-order valence-corrected chi connectivity index (χ3v) is 4.49. The summed E-state index contributed by atoms with van der Waals surface area (Å²) in [6.45, 7) is 6.52. The van der Waals surface area contributed by atoms with Crippen LogP contribution in [0, 0.1) is 20.8 Å². The Morgan fingerprint density at radius 2 is 1.78 bits per heavy atom. The zero-order valence-corrected chi connectivity index (χ0v) is 11.9. The van der Waals surface area contributed by atoms with Crippen molar-refractivity contribution in [2.75, 3.05) is 0 Å². The summed E-state index contributed by atoms with van der Waals surface area (Å²) in [6.07, 6.45) is 5.49. The van der Waals surface area contributed by atoms with Gasteiger partial charge in [-0.15, -0.1) is 0 Å². The van der Waals surface area contributed by atoms with Crippen molar-refractivity contribution < 1.29 is 0 Å². The molecule has 2 unspecified atom stereocenters. The zero-order valence-electron chi connectivity index (χ0n) is 11.9. The molecule has 100 valence electrons. The van der Waals surface area contributed by atoms with Crippen LogP contribution in [0.2, 0.25) is 0 Å². The van der Waals surface area contributed by atoms with E-state index in [1.165, 1.54) is 35.1 Å². The fourth-order valence-electron chi connectivity index (χ4n) is 3.33. The van der Waals surface area contributed by atoms with Gasteiger partial charge in [-0.3, -0.25) is 0 Å². The lowest BCUT2D eigenvalue weighted by molar-refractivity contribution is 0.250. The van der Waals surface area contributed by atoms with E-state index >= 15 is 0 Å². The molecule has 1 fully saturated rings. The van der Waals surface area contributed by atoms with Gasteiger partial charge in [0.1, 0.15) is 0 Å². The highest BCUT2D eigenvalue weighted by atomic mass is 14.9. The number of rotatable bonds is 2. The van der Waals surface area contributed by atoms with E-state index in [-0.39, 0.29) is 11.6 Å². The monoisotopic (exact) mass is 246 g/mol. The second-order valence-electron chi connectivity index (χ2n) is 6.14. The van der Waals surface area contributed by atoms with Gasteiger partial charge in [-0.05, 0) is 56.7 Å². The Morgan fingerprint density at radius 1 is 1.17 bits per heavy atom. The summed E-state index contributed by atoms with van der Waals surface area (Å²) in [5.41, 5.74) is 18.1. The van der Waals surface area contributed by atoms with Crippen molar-refractivity contribution in [2.24, 2.45) is 11.5 Å². The van der Waals surface area contributed by atoms with E-state index in [9.17, 15) is 0 Å². The summed E-state index contributed by atoms with van der Waals surface area (Å²) >= 11 is 0. The first-order chi connectivity index (χ1) is 8.42. The lowest BCUT2D eigenvalue weighted by Crippen LogP contribution is -2.58. The maximum atomic E-state index is 6.59. The van der Waals surface area contributed by atoms with Crippen LogP contribution in [0.1, 0.15) is 47.9 Å². The van der Waals surface area contributed by atoms with Crippen LogP contribution in [-0.4, -0.2) is 11.6 Å². The molecule has 1 aliphatic carbocycles. The first-order valence-electron chi connectivity index (χ1n) is 7.03. The third-order valence-electron chi connectivity index (χ3n) is 4.49. The minimum atomic E-state index is -0.205. The number of aryl methyl sites for hydroxylation is 3. The molecule has 1 aliphatic rings. The molecule has 2 atom stereocenters. The van der Waals surface area contributed by atoms with Gasteiger partial charge in [0.15, 0.2) is 0 Å². The fraction of sp³-hybridized carbons (Fsp3) is 0.625. The molecule has 1 aromatic carbocycles. The Morgan fingerprint density at radius 3 is 2.33 bits per heavy atom. The molecule has 0 aliphatic heterocycles. The highest BCUT2D eigenvalue weighted by Gasteiger charge is 2.35. The summed E-state index contributed by atoms with van der Waals surface area (Å²) < 4.78 is 0. The molecule has 0 amide bonds. The second kappa shape index (κ2) is 5.02. The molecule has 0 aromatic heterocycles. The molecular weight excluding hydrogens is 220 g/mol. The highest BCUT2D eigenvalue weighted by molar-refractivity contribution is 5.39. The molecule has 2 nitrogen and oxygen atoms in total. The fourth-order valence-corrected chi connectivity index (χ4v) is 3.33. The Kier molecular flexibility index (Phi) is 3.79. The number of nitrogens with two attached hydrogens (primary N) is 2.